The SMILES string of the molecule is CC(=O)N1CCC2(c3ccccc3)CCN(C)C2C1.O=C(O)C(F)(F)F. The summed E-state index contributed by atoms with van der Waals surface area (Å²) in [5, 5.41) is 7.12. The van der Waals surface area contributed by atoms with Gasteiger partial charge in [0.05, 0.1) is 0 Å². The molecule has 0 radical (unpaired) electrons. The Morgan fingerprint density at radius 2 is 1.69 bits per heavy atom. The Labute approximate surface area is 150 Å². The molecule has 144 valence electrons. The fraction of sp³-hybridized carbons (Fsp3) is 0.556. The Morgan fingerprint density at radius 1 is 1.15 bits per heavy atom. The van der Waals surface area contributed by atoms with Gasteiger partial charge in [-0.25, -0.2) is 4.79 Å². The van der Waals surface area contributed by atoms with Crippen LogP contribution in [0.3, 0.4) is 0 Å². The first-order chi connectivity index (χ1) is 12.1. The van der Waals surface area contributed by atoms with Crippen molar-refractivity contribution in [1.82, 2.24) is 9.80 Å². The zero-order chi connectivity index (χ0) is 19.5. The molecule has 0 aliphatic carbocycles. The monoisotopic (exact) mass is 372 g/mol. The number of likely N-dealkylation sites (tertiary alicyclic amines) is 2. The van der Waals surface area contributed by atoms with Gasteiger partial charge in [0.15, 0.2) is 0 Å². The van der Waals surface area contributed by atoms with Crippen LogP contribution >= 0.6 is 0 Å². The fourth-order valence-electron chi connectivity index (χ4n) is 3.90. The second-order valence-electron chi connectivity index (χ2n) is 6.79. The molecule has 1 amide bonds. The molecular formula is C18H23F3N2O3. The molecule has 2 saturated heterocycles. The van der Waals surface area contributed by atoms with E-state index in [9.17, 15) is 18.0 Å². The molecule has 0 spiro atoms. The lowest BCUT2D eigenvalue weighted by molar-refractivity contribution is -0.192. The van der Waals surface area contributed by atoms with Crippen molar-refractivity contribution in [3.8, 4) is 0 Å². The largest absolute Gasteiger partial charge is 0.490 e. The van der Waals surface area contributed by atoms with Gasteiger partial charge in [0, 0.05) is 31.5 Å². The average Bonchev–Trinajstić information content (AvgIpc) is 2.93. The van der Waals surface area contributed by atoms with Crippen molar-refractivity contribution in [3.63, 3.8) is 0 Å². The van der Waals surface area contributed by atoms with Crippen molar-refractivity contribution in [1.29, 1.82) is 0 Å². The van der Waals surface area contributed by atoms with E-state index in [1.54, 1.807) is 6.92 Å². The minimum Gasteiger partial charge on any atom is -0.475 e. The van der Waals surface area contributed by atoms with Gasteiger partial charge in [0.1, 0.15) is 0 Å². The van der Waals surface area contributed by atoms with E-state index in [1.807, 2.05) is 4.90 Å². The maximum Gasteiger partial charge on any atom is 0.490 e. The molecule has 1 N–H and O–H groups in total. The molecular weight excluding hydrogens is 349 g/mol. The minimum atomic E-state index is -5.08. The van der Waals surface area contributed by atoms with E-state index in [2.05, 4.69) is 42.3 Å². The van der Waals surface area contributed by atoms with E-state index in [-0.39, 0.29) is 11.3 Å². The van der Waals surface area contributed by atoms with Crippen LogP contribution in [-0.2, 0) is 15.0 Å². The van der Waals surface area contributed by atoms with Gasteiger partial charge in [-0.3, -0.25) is 4.79 Å². The summed E-state index contributed by atoms with van der Waals surface area (Å²) in [6.45, 7) is 4.59. The number of fused-ring (bicyclic) bond motifs is 1. The number of likely N-dealkylation sites (N-methyl/N-ethyl adjacent to an activating group) is 1. The van der Waals surface area contributed by atoms with E-state index in [0.717, 1.165) is 26.1 Å². The van der Waals surface area contributed by atoms with Crippen LogP contribution in [0.25, 0.3) is 0 Å². The Morgan fingerprint density at radius 3 is 2.19 bits per heavy atom. The van der Waals surface area contributed by atoms with E-state index in [0.29, 0.717) is 6.04 Å². The number of rotatable bonds is 1. The predicted octanol–water partition coefficient (Wildman–Crippen LogP) is 2.51. The Bertz CT molecular complexity index is 651. The number of nitrogens with zero attached hydrogens (tertiary/aromatic N) is 2. The van der Waals surface area contributed by atoms with Gasteiger partial charge in [0.25, 0.3) is 0 Å². The van der Waals surface area contributed by atoms with Gasteiger partial charge in [-0.2, -0.15) is 13.2 Å². The third kappa shape index (κ3) is 4.17. The van der Waals surface area contributed by atoms with Crippen LogP contribution in [0.1, 0.15) is 25.3 Å². The molecule has 0 saturated carbocycles. The number of carbonyl (C=O) groups is 2. The highest BCUT2D eigenvalue weighted by molar-refractivity contribution is 5.73. The van der Waals surface area contributed by atoms with Crippen molar-refractivity contribution < 1.29 is 27.9 Å². The van der Waals surface area contributed by atoms with Crippen molar-refractivity contribution >= 4 is 11.9 Å². The number of amides is 1. The Balaban J connectivity index is 0.000000298. The molecule has 2 fully saturated rings. The molecule has 8 heteroatoms. The fourth-order valence-corrected chi connectivity index (χ4v) is 3.90. The summed E-state index contributed by atoms with van der Waals surface area (Å²) < 4.78 is 31.7. The quantitative estimate of drug-likeness (QED) is 0.823. The topological polar surface area (TPSA) is 60.9 Å². The molecule has 2 heterocycles. The third-order valence-corrected chi connectivity index (χ3v) is 5.34. The first-order valence-corrected chi connectivity index (χ1v) is 8.39. The number of alkyl halides is 3. The smallest absolute Gasteiger partial charge is 0.475 e. The van der Waals surface area contributed by atoms with E-state index >= 15 is 0 Å². The molecule has 2 aliphatic heterocycles. The molecule has 2 aliphatic rings. The summed E-state index contributed by atoms with van der Waals surface area (Å²) in [5.74, 6) is -2.55. The average molecular weight is 372 g/mol. The number of carboxylic acid groups (broad SMARTS) is 1. The molecule has 2 unspecified atom stereocenters. The third-order valence-electron chi connectivity index (χ3n) is 5.34. The lowest BCUT2D eigenvalue weighted by atomic mass is 9.69. The van der Waals surface area contributed by atoms with E-state index in [4.69, 9.17) is 9.90 Å². The van der Waals surface area contributed by atoms with Crippen molar-refractivity contribution in [2.75, 3.05) is 26.7 Å². The zero-order valence-electron chi connectivity index (χ0n) is 14.8. The van der Waals surface area contributed by atoms with Gasteiger partial charge in [0.2, 0.25) is 5.91 Å². The summed E-state index contributed by atoms with van der Waals surface area (Å²) in [6.07, 6.45) is -2.78. The molecule has 0 bridgehead atoms. The second kappa shape index (κ2) is 7.65. The Kier molecular flexibility index (Phi) is 5.95. The van der Waals surface area contributed by atoms with Crippen LogP contribution < -0.4 is 0 Å². The van der Waals surface area contributed by atoms with Gasteiger partial charge in [-0.1, -0.05) is 30.3 Å². The molecule has 1 aromatic rings. The van der Waals surface area contributed by atoms with Gasteiger partial charge in [-0.05, 0) is 32.0 Å². The van der Waals surface area contributed by atoms with Crippen molar-refractivity contribution in [3.05, 3.63) is 35.9 Å². The highest BCUT2D eigenvalue weighted by Gasteiger charge is 2.50. The zero-order valence-corrected chi connectivity index (χ0v) is 14.8. The lowest BCUT2D eigenvalue weighted by Gasteiger charge is -2.46. The normalized spacial score (nSPS) is 25.9. The highest BCUT2D eigenvalue weighted by atomic mass is 19.4. The second-order valence-corrected chi connectivity index (χ2v) is 6.79. The van der Waals surface area contributed by atoms with Gasteiger partial charge >= 0.3 is 12.1 Å². The standard InChI is InChI=1S/C16H22N2O.C2HF3O2/c1-13(19)18-11-9-16(14-6-4-3-5-7-14)8-10-17(2)15(16)12-18;3-2(4,5)1(6)7/h3-7,15H,8-12H2,1-2H3;(H,6,7). The summed E-state index contributed by atoms with van der Waals surface area (Å²) in [5.41, 5.74) is 1.70. The molecule has 0 aromatic heterocycles. The lowest BCUT2D eigenvalue weighted by Crippen LogP contribution is -2.55. The molecule has 26 heavy (non-hydrogen) atoms. The van der Waals surface area contributed by atoms with Crippen LogP contribution in [0.4, 0.5) is 13.2 Å². The van der Waals surface area contributed by atoms with Crippen LogP contribution in [0.2, 0.25) is 0 Å². The first kappa shape index (κ1) is 20.2. The highest BCUT2D eigenvalue weighted by Crippen LogP contribution is 2.45. The number of hydrogen-bond donors (Lipinski definition) is 1. The first-order valence-electron chi connectivity index (χ1n) is 8.39. The maximum absolute atomic E-state index is 11.6. The van der Waals surface area contributed by atoms with Gasteiger partial charge in [-0.15, -0.1) is 0 Å². The summed E-state index contributed by atoms with van der Waals surface area (Å²) in [6, 6.07) is 11.3. The predicted molar refractivity (Wildman–Crippen MR) is 89.7 cm³/mol. The van der Waals surface area contributed by atoms with Gasteiger partial charge < -0.3 is 14.9 Å². The van der Waals surface area contributed by atoms with Crippen LogP contribution in [0, 0.1) is 0 Å². The van der Waals surface area contributed by atoms with Crippen molar-refractivity contribution in [2.45, 2.75) is 37.4 Å². The molecule has 1 aromatic carbocycles. The summed E-state index contributed by atoms with van der Waals surface area (Å²) in [4.78, 5) is 25.0. The number of aliphatic carboxylic acids is 1. The molecule has 5 nitrogen and oxygen atoms in total. The number of halogens is 3. The van der Waals surface area contributed by atoms with Crippen LogP contribution in [-0.4, -0.2) is 65.7 Å². The molecule has 2 atom stereocenters. The van der Waals surface area contributed by atoms with E-state index in [1.165, 1.54) is 12.0 Å². The number of hydrogen-bond acceptors (Lipinski definition) is 3. The number of carboxylic acids is 1. The maximum atomic E-state index is 11.6. The number of carbonyl (C=O) groups excluding carboxylic acids is 1. The molecule has 3 rings (SSSR count). The van der Waals surface area contributed by atoms with Crippen molar-refractivity contribution in [2.24, 2.45) is 0 Å². The summed E-state index contributed by atoms with van der Waals surface area (Å²) in [7, 11) is 2.19. The number of piperidine rings is 1. The number of benzene rings is 1. The summed E-state index contributed by atoms with van der Waals surface area (Å²) >= 11 is 0. The minimum absolute atomic E-state index is 0.210. The van der Waals surface area contributed by atoms with Crippen LogP contribution in [0.5, 0.6) is 0 Å². The van der Waals surface area contributed by atoms with E-state index < -0.39 is 12.1 Å². The Hall–Kier alpha value is -2.09. The van der Waals surface area contributed by atoms with Crippen LogP contribution in [0.15, 0.2) is 30.3 Å².